The second kappa shape index (κ2) is 8.62. The lowest BCUT2D eigenvalue weighted by Crippen LogP contribution is -2.22. The summed E-state index contributed by atoms with van der Waals surface area (Å²) in [6, 6.07) is 12.7. The van der Waals surface area contributed by atoms with Crippen LogP contribution in [0.25, 0.3) is 11.0 Å². The van der Waals surface area contributed by atoms with Crippen LogP contribution in [0.4, 0.5) is 11.6 Å². The molecule has 3 aromatic rings. The number of aliphatic hydroxyl groups is 1. The van der Waals surface area contributed by atoms with Gasteiger partial charge in [0.25, 0.3) is 0 Å². The first-order valence-corrected chi connectivity index (χ1v) is 8.90. The molecular formula is C20H24N4O4. The molecule has 0 aliphatic heterocycles. The molecule has 0 spiro atoms. The number of benzene rings is 2. The van der Waals surface area contributed by atoms with Crippen molar-refractivity contribution in [2.75, 3.05) is 31.4 Å². The van der Waals surface area contributed by atoms with Crippen molar-refractivity contribution in [1.82, 2.24) is 9.55 Å². The molecule has 2 aromatic carbocycles. The van der Waals surface area contributed by atoms with Crippen LogP contribution < -0.4 is 20.1 Å². The number of hydrogen-bond donors (Lipinski definition) is 3. The Hall–Kier alpha value is -3.26. The number of para-hydroxylation sites is 2. The number of fused-ring (bicyclic) bond motifs is 1. The quantitative estimate of drug-likeness (QED) is 0.552. The zero-order valence-corrected chi connectivity index (χ0v) is 16.1. The highest BCUT2D eigenvalue weighted by Crippen LogP contribution is 2.26. The van der Waals surface area contributed by atoms with Crippen LogP contribution in [0.1, 0.15) is 6.92 Å². The SMILES string of the molecule is COc1cc(NC(=O)Cn2c(NCC(C)O)nc3ccccc32)cc(OC)c1. The predicted octanol–water partition coefficient (Wildman–Crippen LogP) is 2.48. The molecule has 1 heterocycles. The number of rotatable bonds is 8. The van der Waals surface area contributed by atoms with E-state index in [9.17, 15) is 9.90 Å². The molecule has 3 N–H and O–H groups in total. The average molecular weight is 384 g/mol. The van der Waals surface area contributed by atoms with Gasteiger partial charge in [-0.05, 0) is 19.1 Å². The van der Waals surface area contributed by atoms with Crippen molar-refractivity contribution in [3.63, 3.8) is 0 Å². The van der Waals surface area contributed by atoms with Crippen LogP contribution in [0.5, 0.6) is 11.5 Å². The van der Waals surface area contributed by atoms with E-state index in [0.29, 0.717) is 29.7 Å². The van der Waals surface area contributed by atoms with Crippen LogP contribution in [0.2, 0.25) is 0 Å². The number of aromatic nitrogens is 2. The van der Waals surface area contributed by atoms with Crippen molar-refractivity contribution < 1.29 is 19.4 Å². The van der Waals surface area contributed by atoms with Gasteiger partial charge in [-0.2, -0.15) is 0 Å². The summed E-state index contributed by atoms with van der Waals surface area (Å²) in [4.78, 5) is 17.2. The highest BCUT2D eigenvalue weighted by molar-refractivity contribution is 5.92. The molecule has 0 radical (unpaired) electrons. The first-order chi connectivity index (χ1) is 13.5. The van der Waals surface area contributed by atoms with E-state index in [1.807, 2.05) is 24.3 Å². The Morgan fingerprint density at radius 3 is 2.50 bits per heavy atom. The molecule has 1 unspecified atom stereocenters. The molecule has 0 aliphatic rings. The molecule has 0 fully saturated rings. The maximum absolute atomic E-state index is 12.7. The summed E-state index contributed by atoms with van der Waals surface area (Å²) < 4.78 is 12.3. The fourth-order valence-corrected chi connectivity index (χ4v) is 2.83. The van der Waals surface area contributed by atoms with E-state index in [-0.39, 0.29) is 12.5 Å². The van der Waals surface area contributed by atoms with E-state index in [1.165, 1.54) is 0 Å². The number of nitrogens with zero attached hydrogens (tertiary/aromatic N) is 2. The van der Waals surface area contributed by atoms with Gasteiger partial charge >= 0.3 is 0 Å². The zero-order valence-electron chi connectivity index (χ0n) is 16.1. The van der Waals surface area contributed by atoms with Crippen LogP contribution in [0.15, 0.2) is 42.5 Å². The molecule has 28 heavy (non-hydrogen) atoms. The number of amides is 1. The maximum atomic E-state index is 12.7. The average Bonchev–Trinajstić information content (AvgIpc) is 3.03. The summed E-state index contributed by atoms with van der Waals surface area (Å²) in [5, 5.41) is 15.5. The van der Waals surface area contributed by atoms with Gasteiger partial charge < -0.3 is 29.8 Å². The van der Waals surface area contributed by atoms with Crippen LogP contribution >= 0.6 is 0 Å². The second-order valence-corrected chi connectivity index (χ2v) is 6.39. The summed E-state index contributed by atoms with van der Waals surface area (Å²) in [6.45, 7) is 2.07. The number of carbonyl (C=O) groups excluding carboxylic acids is 1. The van der Waals surface area contributed by atoms with E-state index in [4.69, 9.17) is 9.47 Å². The molecule has 0 bridgehead atoms. The lowest BCUT2D eigenvalue weighted by molar-refractivity contribution is -0.116. The molecule has 0 aliphatic carbocycles. The fourth-order valence-electron chi connectivity index (χ4n) is 2.83. The number of ether oxygens (including phenoxy) is 2. The third-order valence-corrected chi connectivity index (χ3v) is 4.15. The molecule has 1 aromatic heterocycles. The van der Waals surface area contributed by atoms with Gasteiger partial charge in [-0.3, -0.25) is 4.79 Å². The molecular weight excluding hydrogens is 360 g/mol. The Kier molecular flexibility index (Phi) is 6.00. The third-order valence-electron chi connectivity index (χ3n) is 4.15. The first kappa shape index (κ1) is 19.5. The van der Waals surface area contributed by atoms with Gasteiger partial charge in [-0.1, -0.05) is 12.1 Å². The van der Waals surface area contributed by atoms with Gasteiger partial charge in [-0.15, -0.1) is 0 Å². The smallest absolute Gasteiger partial charge is 0.244 e. The van der Waals surface area contributed by atoms with Gasteiger partial charge in [0.05, 0.1) is 31.4 Å². The molecule has 1 atom stereocenters. The van der Waals surface area contributed by atoms with Crippen LogP contribution in [0, 0.1) is 0 Å². The second-order valence-electron chi connectivity index (χ2n) is 6.39. The summed E-state index contributed by atoms with van der Waals surface area (Å²) in [5.74, 6) is 1.48. The molecule has 8 nitrogen and oxygen atoms in total. The molecule has 0 saturated heterocycles. The molecule has 0 saturated carbocycles. The zero-order chi connectivity index (χ0) is 20.1. The lowest BCUT2D eigenvalue weighted by Gasteiger charge is -2.13. The Balaban J connectivity index is 1.83. The molecule has 8 heteroatoms. The number of imidazole rings is 1. The summed E-state index contributed by atoms with van der Waals surface area (Å²) in [5.41, 5.74) is 2.17. The number of anilines is 2. The van der Waals surface area contributed by atoms with Gasteiger partial charge in [0.2, 0.25) is 11.9 Å². The summed E-state index contributed by atoms with van der Waals surface area (Å²) in [7, 11) is 3.11. The topological polar surface area (TPSA) is 97.6 Å². The Morgan fingerprint density at radius 1 is 1.18 bits per heavy atom. The first-order valence-electron chi connectivity index (χ1n) is 8.90. The van der Waals surface area contributed by atoms with Crippen LogP contribution in [-0.4, -0.2) is 47.4 Å². The van der Waals surface area contributed by atoms with E-state index >= 15 is 0 Å². The van der Waals surface area contributed by atoms with Crippen molar-refractivity contribution in [1.29, 1.82) is 0 Å². The number of nitrogens with one attached hydrogen (secondary N) is 2. The van der Waals surface area contributed by atoms with E-state index < -0.39 is 6.10 Å². The predicted molar refractivity (Wildman–Crippen MR) is 108 cm³/mol. The van der Waals surface area contributed by atoms with Crippen molar-refractivity contribution in [2.45, 2.75) is 19.6 Å². The monoisotopic (exact) mass is 384 g/mol. The van der Waals surface area contributed by atoms with Gasteiger partial charge in [0.1, 0.15) is 18.0 Å². The number of carbonyl (C=O) groups is 1. The Bertz CT molecular complexity index is 946. The molecule has 1 amide bonds. The molecule has 3 rings (SSSR count). The van der Waals surface area contributed by atoms with Crippen molar-refractivity contribution in [2.24, 2.45) is 0 Å². The van der Waals surface area contributed by atoms with Gasteiger partial charge in [0, 0.05) is 30.4 Å². The van der Waals surface area contributed by atoms with Crippen molar-refractivity contribution >= 4 is 28.6 Å². The van der Waals surface area contributed by atoms with Gasteiger partial charge in [0.15, 0.2) is 0 Å². The minimum atomic E-state index is -0.536. The summed E-state index contributed by atoms with van der Waals surface area (Å²) >= 11 is 0. The highest BCUT2D eigenvalue weighted by Gasteiger charge is 2.14. The number of methoxy groups -OCH3 is 2. The standard InChI is InChI=1S/C20H24N4O4/c1-13(25)11-21-20-23-17-6-4-5-7-18(17)24(20)12-19(26)22-14-8-15(27-2)10-16(9-14)28-3/h4-10,13,25H,11-12H2,1-3H3,(H,21,23)(H,22,26). The lowest BCUT2D eigenvalue weighted by atomic mass is 10.2. The Morgan fingerprint density at radius 2 is 1.86 bits per heavy atom. The van der Waals surface area contributed by atoms with Crippen LogP contribution in [0.3, 0.4) is 0 Å². The number of aliphatic hydroxyl groups excluding tert-OH is 1. The van der Waals surface area contributed by atoms with E-state index in [0.717, 1.165) is 11.0 Å². The molecule has 148 valence electrons. The minimum Gasteiger partial charge on any atom is -0.497 e. The van der Waals surface area contributed by atoms with Crippen LogP contribution in [-0.2, 0) is 11.3 Å². The number of hydrogen-bond acceptors (Lipinski definition) is 6. The largest absolute Gasteiger partial charge is 0.497 e. The Labute approximate surface area is 163 Å². The van der Waals surface area contributed by atoms with Gasteiger partial charge in [-0.25, -0.2) is 4.98 Å². The van der Waals surface area contributed by atoms with Crippen molar-refractivity contribution in [3.8, 4) is 11.5 Å². The third kappa shape index (κ3) is 4.52. The maximum Gasteiger partial charge on any atom is 0.244 e. The minimum absolute atomic E-state index is 0.0577. The van der Waals surface area contributed by atoms with E-state index in [1.54, 1.807) is 43.9 Å². The summed E-state index contributed by atoms with van der Waals surface area (Å²) in [6.07, 6.45) is -0.536. The normalized spacial score (nSPS) is 11.9. The van der Waals surface area contributed by atoms with Crippen molar-refractivity contribution in [3.05, 3.63) is 42.5 Å². The highest BCUT2D eigenvalue weighted by atomic mass is 16.5. The van der Waals surface area contributed by atoms with E-state index in [2.05, 4.69) is 15.6 Å². The fraction of sp³-hybridized carbons (Fsp3) is 0.300.